The Labute approximate surface area is 468 Å². The number of piperazine rings is 1. The third-order valence-corrected chi connectivity index (χ3v) is 17.0. The summed E-state index contributed by atoms with van der Waals surface area (Å²) in [5.41, 5.74) is 9.89. The highest BCUT2D eigenvalue weighted by Crippen LogP contribution is 2.53. The first-order valence-electron chi connectivity index (χ1n) is 28.5. The van der Waals surface area contributed by atoms with E-state index in [0.29, 0.717) is 66.7 Å². The Hall–Kier alpha value is -7.94. The molecule has 1 aliphatic carbocycles. The molecule has 4 saturated heterocycles. The maximum absolute atomic E-state index is 16.2. The lowest BCUT2D eigenvalue weighted by molar-refractivity contribution is -0.142. The summed E-state index contributed by atoms with van der Waals surface area (Å²) in [7, 11) is 0. The fraction of sp³-hybridized carbons (Fsp3) is 0.426. The number of ether oxygens (including phenoxy) is 3. The molecule has 2 bridgehead atoms. The second kappa shape index (κ2) is 21.8. The summed E-state index contributed by atoms with van der Waals surface area (Å²) in [4.78, 5) is 51.6. The summed E-state index contributed by atoms with van der Waals surface area (Å²) in [6.45, 7) is 10.8. The van der Waals surface area contributed by atoms with Gasteiger partial charge in [-0.25, -0.2) is 19.0 Å². The van der Waals surface area contributed by atoms with E-state index in [1.54, 1.807) is 28.2 Å². The van der Waals surface area contributed by atoms with Crippen molar-refractivity contribution in [1.82, 2.24) is 60.7 Å². The lowest BCUT2D eigenvalue weighted by atomic mass is 9.88. The van der Waals surface area contributed by atoms with Crippen LogP contribution in [-0.2, 0) is 20.9 Å². The van der Waals surface area contributed by atoms with Crippen LogP contribution in [0.25, 0.3) is 55.4 Å². The molecule has 81 heavy (non-hydrogen) atoms. The Bertz CT molecular complexity index is 3660. The van der Waals surface area contributed by atoms with Gasteiger partial charge in [-0.2, -0.15) is 15.1 Å². The average Bonchev–Trinajstić information content (AvgIpc) is 4.10. The molecule has 0 spiro atoms. The molecule has 13 rings (SSSR count). The van der Waals surface area contributed by atoms with Crippen LogP contribution < -0.4 is 25.0 Å². The minimum absolute atomic E-state index is 0.108. The lowest BCUT2D eigenvalue weighted by Gasteiger charge is -2.31. The summed E-state index contributed by atoms with van der Waals surface area (Å²) in [5, 5.41) is 35.3. The average molecular weight is 1100 g/mol. The van der Waals surface area contributed by atoms with Crippen molar-refractivity contribution in [3.63, 3.8) is 0 Å². The van der Waals surface area contributed by atoms with Crippen LogP contribution in [0.2, 0.25) is 0 Å². The zero-order valence-electron chi connectivity index (χ0n) is 45.9. The molecule has 8 aromatic rings. The summed E-state index contributed by atoms with van der Waals surface area (Å²) < 4.78 is 37.3. The molecule has 4 aromatic carbocycles. The van der Waals surface area contributed by atoms with Crippen molar-refractivity contribution in [1.29, 1.82) is 0 Å². The predicted octanol–water partition coefficient (Wildman–Crippen LogP) is 8.25. The van der Waals surface area contributed by atoms with Gasteiger partial charge in [0.25, 0.3) is 0 Å². The Morgan fingerprint density at radius 1 is 0.951 bits per heavy atom. The molecule has 4 aliphatic heterocycles. The number of halogens is 1. The van der Waals surface area contributed by atoms with Gasteiger partial charge in [0.2, 0.25) is 11.8 Å². The van der Waals surface area contributed by atoms with Gasteiger partial charge in [0, 0.05) is 83.8 Å². The minimum atomic E-state index is -0.733. The number of aryl methyl sites for hydroxylation is 1. The largest absolute Gasteiger partial charge is 0.486 e. The molecule has 5 aliphatic rings. The van der Waals surface area contributed by atoms with Crippen molar-refractivity contribution in [3.8, 4) is 45.4 Å². The number of nitrogens with zero attached hydrogens (tertiary/aromatic N) is 10. The number of fused-ring (bicyclic) bond motifs is 4. The molecule has 4 aromatic heterocycles. The van der Waals surface area contributed by atoms with Gasteiger partial charge in [0.15, 0.2) is 5.75 Å². The number of carbonyl (C=O) groups excluding carboxylic acids is 2. The Kier molecular flexibility index (Phi) is 14.1. The van der Waals surface area contributed by atoms with Crippen molar-refractivity contribution < 1.29 is 33.3 Å². The molecule has 5 atom stereocenters. The maximum atomic E-state index is 16.2. The van der Waals surface area contributed by atoms with Crippen LogP contribution in [0, 0.1) is 25.6 Å². The Morgan fingerprint density at radius 2 is 1.75 bits per heavy atom. The number of anilines is 1. The summed E-state index contributed by atoms with van der Waals surface area (Å²) in [5.74, 6) is 0.513. The first-order chi connectivity index (χ1) is 39.5. The maximum Gasteiger partial charge on any atom is 0.319 e. The van der Waals surface area contributed by atoms with Crippen molar-refractivity contribution in [2.75, 3.05) is 44.4 Å². The first kappa shape index (κ1) is 52.4. The number of amides is 2. The molecule has 4 N–H and O–H groups in total. The smallest absolute Gasteiger partial charge is 0.319 e. The fourth-order valence-corrected chi connectivity index (χ4v) is 12.6. The molecule has 1 saturated carbocycles. The number of nitrogens with one attached hydrogen (secondary N) is 3. The molecular weight excluding hydrogens is 1030 g/mol. The van der Waals surface area contributed by atoms with Crippen molar-refractivity contribution in [2.24, 2.45) is 5.92 Å². The van der Waals surface area contributed by atoms with E-state index in [0.717, 1.165) is 112 Å². The van der Waals surface area contributed by atoms with Crippen molar-refractivity contribution in [2.45, 2.75) is 121 Å². The number of hydrogen-bond donors (Lipinski definition) is 4. The standard InChI is InChI=1S/C61H66FN13O6/c1-33(2)56(60(78)73-19-5-6-51(73)59(77)67-50(30-76)39-13-15-40(16-14-39)54-34(3)25-63-32-65-54)75-29-49(71-72-75)38-9-7-36(8-10-38)31-80-57-53(52-35(4)47(62)24-48-46(52)27-66-70-48)44(37-11-12-37)23-45-55(57)68-61(81-43-17-20-79-21-18-43)69-58(45)74-28-41-22-42(74)26-64-41/h7-10,13-16,23-25,27,29,32-33,37,41-43,50-51,56,64,76H,5-6,11-12,17-22,26,28,30-31H2,1-4H3,(H,66,70)(H,67,77)/t41-,42-,50-,51-,56-/m0/s1. The van der Waals surface area contributed by atoms with Crippen LogP contribution in [0.1, 0.15) is 105 Å². The van der Waals surface area contributed by atoms with Gasteiger partial charge in [0.05, 0.1) is 49.5 Å². The van der Waals surface area contributed by atoms with Gasteiger partial charge in [-0.3, -0.25) is 14.7 Å². The van der Waals surface area contributed by atoms with E-state index in [-0.39, 0.29) is 60.8 Å². The van der Waals surface area contributed by atoms with E-state index in [4.69, 9.17) is 24.2 Å². The summed E-state index contributed by atoms with van der Waals surface area (Å²) in [6, 6.07) is 18.0. The zero-order chi connectivity index (χ0) is 55.5. The lowest BCUT2D eigenvalue weighted by Crippen LogP contribution is -2.50. The van der Waals surface area contributed by atoms with Crippen molar-refractivity contribution in [3.05, 3.63) is 119 Å². The number of benzene rings is 4. The number of carbonyl (C=O) groups is 2. The van der Waals surface area contributed by atoms with Crippen LogP contribution in [0.15, 0.2) is 85.6 Å². The second-order valence-corrected chi connectivity index (χ2v) is 22.8. The molecule has 2 amide bonds. The van der Waals surface area contributed by atoms with Crippen molar-refractivity contribution >= 4 is 39.4 Å². The van der Waals surface area contributed by atoms with Crippen LogP contribution in [-0.4, -0.2) is 131 Å². The number of rotatable bonds is 17. The SMILES string of the molecule is Cc1cncnc1-c1ccc([C@H](CO)NC(=O)[C@@H]2CCCN2C(=O)[C@H](C(C)C)n2cc(-c3ccc(COc4c(-c5c(C)c(F)cc6[nH]ncc56)c(C5CC5)cc5c(N6C[C@@H]7C[C@H]6CN7)nc(OC6CCOCC6)nc45)cc3)nn2)cc1. The van der Waals surface area contributed by atoms with Gasteiger partial charge in [-0.05, 0) is 97.7 Å². The van der Waals surface area contributed by atoms with Crippen LogP contribution in [0.5, 0.6) is 11.8 Å². The van der Waals surface area contributed by atoms with E-state index in [2.05, 4.69) is 52.1 Å². The molecule has 8 heterocycles. The van der Waals surface area contributed by atoms with E-state index >= 15 is 4.39 Å². The molecule has 418 valence electrons. The van der Waals surface area contributed by atoms with Gasteiger partial charge in [0.1, 0.15) is 54.0 Å². The third-order valence-electron chi connectivity index (χ3n) is 17.0. The van der Waals surface area contributed by atoms with E-state index < -0.39 is 18.1 Å². The number of H-pyrrole nitrogens is 1. The normalized spacial score (nSPS) is 20.0. The van der Waals surface area contributed by atoms with Crippen LogP contribution in [0.4, 0.5) is 10.2 Å². The monoisotopic (exact) mass is 1100 g/mol. The number of aromatic amines is 1. The van der Waals surface area contributed by atoms with Gasteiger partial charge < -0.3 is 39.8 Å². The number of hydrogen-bond acceptors (Lipinski definition) is 15. The number of aliphatic hydroxyl groups excluding tert-OH is 1. The number of likely N-dealkylation sites (tertiary alicyclic amines) is 1. The number of aromatic nitrogens is 9. The van der Waals surface area contributed by atoms with Gasteiger partial charge in [-0.15, -0.1) is 5.10 Å². The number of aliphatic hydroxyl groups is 1. The molecule has 5 fully saturated rings. The van der Waals surface area contributed by atoms with Crippen LogP contribution in [0.3, 0.4) is 0 Å². The zero-order valence-corrected chi connectivity index (χ0v) is 45.9. The molecular formula is C61H66FN13O6. The Morgan fingerprint density at radius 3 is 2.48 bits per heavy atom. The fourth-order valence-electron chi connectivity index (χ4n) is 12.6. The Balaban J connectivity index is 0.777. The highest BCUT2D eigenvalue weighted by Gasteiger charge is 2.42. The highest BCUT2D eigenvalue weighted by atomic mass is 19.1. The molecule has 20 heteroatoms. The predicted molar refractivity (Wildman–Crippen MR) is 302 cm³/mol. The minimum Gasteiger partial charge on any atom is -0.486 e. The van der Waals surface area contributed by atoms with Crippen LogP contribution >= 0.6 is 0 Å². The topological polar surface area (TPSA) is 224 Å². The van der Waals surface area contributed by atoms with E-state index in [9.17, 15) is 14.7 Å². The van der Waals surface area contributed by atoms with E-state index in [1.807, 2.05) is 76.2 Å². The highest BCUT2D eigenvalue weighted by molar-refractivity contribution is 6.06. The second-order valence-electron chi connectivity index (χ2n) is 22.8. The first-order valence-corrected chi connectivity index (χ1v) is 28.5. The molecule has 0 radical (unpaired) electrons. The van der Waals surface area contributed by atoms with E-state index in [1.165, 1.54) is 12.4 Å². The third kappa shape index (κ3) is 10.1. The molecule has 19 nitrogen and oxygen atoms in total. The quantitative estimate of drug-likeness (QED) is 0.0674. The van der Waals surface area contributed by atoms with Gasteiger partial charge >= 0.3 is 6.01 Å². The van der Waals surface area contributed by atoms with Gasteiger partial charge in [-0.1, -0.05) is 67.6 Å². The molecule has 0 unspecified atom stereocenters. The summed E-state index contributed by atoms with van der Waals surface area (Å²) >= 11 is 0. The summed E-state index contributed by atoms with van der Waals surface area (Å²) in [6.07, 6.45) is 12.3.